The molecule has 0 bridgehead atoms. The van der Waals surface area contributed by atoms with Crippen molar-refractivity contribution in [2.45, 2.75) is 38.4 Å². The maximum atomic E-state index is 6.02. The predicted molar refractivity (Wildman–Crippen MR) is 81.7 cm³/mol. The van der Waals surface area contributed by atoms with Gasteiger partial charge in [-0.15, -0.1) is 11.6 Å². The van der Waals surface area contributed by atoms with Crippen molar-refractivity contribution in [1.29, 1.82) is 0 Å². The summed E-state index contributed by atoms with van der Waals surface area (Å²) in [5.41, 5.74) is 4.85. The number of nitrogens with zero attached hydrogens (tertiary/aromatic N) is 2. The second kappa shape index (κ2) is 5.54. The number of aryl methyl sites for hydroxylation is 2. The van der Waals surface area contributed by atoms with E-state index in [-0.39, 0.29) is 0 Å². The third-order valence-electron chi connectivity index (χ3n) is 3.40. The summed E-state index contributed by atoms with van der Waals surface area (Å²) in [6.45, 7) is 7.46. The minimum Gasteiger partial charge on any atom is -0.326 e. The van der Waals surface area contributed by atoms with Gasteiger partial charge in [-0.25, -0.2) is 4.98 Å². The van der Waals surface area contributed by atoms with Crippen molar-refractivity contribution in [2.24, 2.45) is 0 Å². The zero-order valence-electron chi connectivity index (χ0n) is 11.3. The molecule has 0 amide bonds. The fourth-order valence-electron chi connectivity index (χ4n) is 2.07. The van der Waals surface area contributed by atoms with Gasteiger partial charge in [-0.3, -0.25) is 0 Å². The van der Waals surface area contributed by atoms with Crippen molar-refractivity contribution in [1.82, 2.24) is 9.55 Å². The quantitative estimate of drug-likeness (QED) is 0.784. The Morgan fingerprint density at radius 2 is 2.00 bits per heavy atom. The van der Waals surface area contributed by atoms with Crippen LogP contribution in [0.1, 0.15) is 23.9 Å². The van der Waals surface area contributed by atoms with E-state index in [2.05, 4.69) is 48.7 Å². The van der Waals surface area contributed by atoms with Crippen LogP contribution in [-0.2, 0) is 12.4 Å². The Morgan fingerprint density at radius 1 is 1.33 bits per heavy atom. The van der Waals surface area contributed by atoms with Crippen LogP contribution < -0.4 is 0 Å². The minimum absolute atomic E-state index is 0.466. The van der Waals surface area contributed by atoms with E-state index in [1.165, 1.54) is 16.6 Å². The smallest absolute Gasteiger partial charge is 0.124 e. The molecule has 0 fully saturated rings. The number of halogens is 1. The average molecular weight is 283 g/mol. The number of hydrogen-bond acceptors (Lipinski definition) is 2. The zero-order valence-corrected chi connectivity index (χ0v) is 12.9. The monoisotopic (exact) mass is 282 g/mol. The van der Waals surface area contributed by atoms with Crippen LogP contribution in [0.15, 0.2) is 12.1 Å². The van der Waals surface area contributed by atoms with Crippen LogP contribution in [0.3, 0.4) is 0 Å². The predicted octanol–water partition coefficient (Wildman–Crippen LogP) is 4.14. The van der Waals surface area contributed by atoms with Gasteiger partial charge < -0.3 is 4.57 Å². The Bertz CT molecular complexity index is 562. The maximum absolute atomic E-state index is 6.02. The highest BCUT2D eigenvalue weighted by molar-refractivity contribution is 7.99. The second-order valence-corrected chi connectivity index (χ2v) is 6.29. The Labute approximate surface area is 118 Å². The fraction of sp³-hybridized carbons (Fsp3) is 0.500. The Kier molecular flexibility index (Phi) is 4.23. The third kappa shape index (κ3) is 2.52. The van der Waals surface area contributed by atoms with Gasteiger partial charge in [0.25, 0.3) is 0 Å². The zero-order chi connectivity index (χ0) is 13.3. The van der Waals surface area contributed by atoms with Gasteiger partial charge in [-0.1, -0.05) is 6.92 Å². The van der Waals surface area contributed by atoms with E-state index >= 15 is 0 Å². The standard InChI is InChI=1S/C14H19ClN2S/c1-9-5-12-13(6-10(9)2)17(8-11(3)18-4)14(7-15)16-12/h5-6,11H,7-8H2,1-4H3. The molecule has 1 heterocycles. The molecule has 2 aromatic rings. The van der Waals surface area contributed by atoms with Crippen molar-refractivity contribution in [3.05, 3.63) is 29.1 Å². The lowest BCUT2D eigenvalue weighted by Crippen LogP contribution is -2.11. The van der Waals surface area contributed by atoms with Gasteiger partial charge in [-0.2, -0.15) is 11.8 Å². The largest absolute Gasteiger partial charge is 0.326 e. The third-order valence-corrected chi connectivity index (χ3v) is 4.60. The normalized spacial score (nSPS) is 13.2. The van der Waals surface area contributed by atoms with Gasteiger partial charge in [0.2, 0.25) is 0 Å². The van der Waals surface area contributed by atoms with Crippen LogP contribution in [0.25, 0.3) is 11.0 Å². The number of hydrogen-bond donors (Lipinski definition) is 0. The summed E-state index contributed by atoms with van der Waals surface area (Å²) in [7, 11) is 0. The number of alkyl halides is 1. The molecule has 98 valence electrons. The van der Waals surface area contributed by atoms with Crippen molar-refractivity contribution in [3.63, 3.8) is 0 Å². The number of thioether (sulfide) groups is 1. The second-order valence-electron chi connectivity index (χ2n) is 4.74. The summed E-state index contributed by atoms with van der Waals surface area (Å²) in [5.74, 6) is 1.44. The Balaban J connectivity index is 2.57. The van der Waals surface area contributed by atoms with Crippen molar-refractivity contribution >= 4 is 34.4 Å². The SMILES string of the molecule is CSC(C)Cn1c(CCl)nc2cc(C)c(C)cc21. The van der Waals surface area contributed by atoms with E-state index in [1.54, 1.807) is 0 Å². The molecule has 1 atom stereocenters. The molecular formula is C14H19ClN2S. The molecule has 0 aliphatic carbocycles. The first-order valence-electron chi connectivity index (χ1n) is 6.12. The summed E-state index contributed by atoms with van der Waals surface area (Å²) >= 11 is 7.89. The van der Waals surface area contributed by atoms with Crippen LogP contribution in [0, 0.1) is 13.8 Å². The van der Waals surface area contributed by atoms with Gasteiger partial charge in [0.1, 0.15) is 5.82 Å². The van der Waals surface area contributed by atoms with Gasteiger partial charge in [0.15, 0.2) is 0 Å². The molecule has 4 heteroatoms. The summed E-state index contributed by atoms with van der Waals surface area (Å²) in [6, 6.07) is 4.38. The van der Waals surface area contributed by atoms with E-state index < -0.39 is 0 Å². The van der Waals surface area contributed by atoms with Gasteiger partial charge >= 0.3 is 0 Å². The first-order chi connectivity index (χ1) is 8.56. The number of rotatable bonds is 4. The molecule has 0 aliphatic rings. The molecule has 0 aliphatic heterocycles. The lowest BCUT2D eigenvalue weighted by molar-refractivity contribution is 0.684. The number of fused-ring (bicyclic) bond motifs is 1. The topological polar surface area (TPSA) is 17.8 Å². The van der Waals surface area contributed by atoms with E-state index in [0.717, 1.165) is 17.9 Å². The average Bonchev–Trinajstić information content (AvgIpc) is 2.67. The van der Waals surface area contributed by atoms with E-state index in [4.69, 9.17) is 11.6 Å². The summed E-state index contributed by atoms with van der Waals surface area (Å²) in [4.78, 5) is 4.64. The molecule has 0 spiro atoms. The highest BCUT2D eigenvalue weighted by atomic mass is 35.5. The van der Waals surface area contributed by atoms with Crippen LogP contribution in [-0.4, -0.2) is 21.1 Å². The van der Waals surface area contributed by atoms with Crippen LogP contribution in [0.4, 0.5) is 0 Å². The van der Waals surface area contributed by atoms with E-state index in [9.17, 15) is 0 Å². The van der Waals surface area contributed by atoms with E-state index in [1.807, 2.05) is 11.8 Å². The van der Waals surface area contributed by atoms with Crippen LogP contribution >= 0.6 is 23.4 Å². The van der Waals surface area contributed by atoms with Crippen LogP contribution in [0.2, 0.25) is 0 Å². The Morgan fingerprint density at radius 3 is 2.61 bits per heavy atom. The summed E-state index contributed by atoms with van der Waals surface area (Å²) < 4.78 is 2.26. The molecule has 2 rings (SSSR count). The molecule has 0 saturated heterocycles. The fourth-order valence-corrected chi connectivity index (χ4v) is 2.57. The lowest BCUT2D eigenvalue weighted by Gasteiger charge is -2.13. The maximum Gasteiger partial charge on any atom is 0.124 e. The van der Waals surface area contributed by atoms with Crippen molar-refractivity contribution in [3.8, 4) is 0 Å². The van der Waals surface area contributed by atoms with Crippen molar-refractivity contribution < 1.29 is 0 Å². The van der Waals surface area contributed by atoms with Gasteiger partial charge in [0, 0.05) is 11.8 Å². The first kappa shape index (κ1) is 13.8. The highest BCUT2D eigenvalue weighted by Gasteiger charge is 2.13. The number of aromatic nitrogens is 2. The molecule has 1 aromatic carbocycles. The number of imidazole rings is 1. The molecule has 1 unspecified atom stereocenters. The first-order valence-corrected chi connectivity index (χ1v) is 7.94. The molecule has 18 heavy (non-hydrogen) atoms. The summed E-state index contributed by atoms with van der Waals surface area (Å²) in [5, 5.41) is 0.561. The Hall–Kier alpha value is -0.670. The highest BCUT2D eigenvalue weighted by Crippen LogP contribution is 2.23. The van der Waals surface area contributed by atoms with Crippen LogP contribution in [0.5, 0.6) is 0 Å². The van der Waals surface area contributed by atoms with Gasteiger partial charge in [0.05, 0.1) is 16.9 Å². The van der Waals surface area contributed by atoms with E-state index in [0.29, 0.717) is 11.1 Å². The van der Waals surface area contributed by atoms with Crippen molar-refractivity contribution in [2.75, 3.05) is 6.26 Å². The molecule has 0 N–H and O–H groups in total. The molecular weight excluding hydrogens is 264 g/mol. The molecule has 0 saturated carbocycles. The lowest BCUT2D eigenvalue weighted by atomic mass is 10.1. The number of benzene rings is 1. The minimum atomic E-state index is 0.466. The van der Waals surface area contributed by atoms with Gasteiger partial charge in [-0.05, 0) is 43.4 Å². The molecule has 2 nitrogen and oxygen atoms in total. The molecule has 0 radical (unpaired) electrons. The summed E-state index contributed by atoms with van der Waals surface area (Å²) in [6.07, 6.45) is 2.14. The molecule has 1 aromatic heterocycles.